The number of para-hydroxylation sites is 1. The molecule has 3 rings (SSSR count). The molecule has 34 heavy (non-hydrogen) atoms. The minimum Gasteiger partial charge on any atom is -0.487 e. The van der Waals surface area contributed by atoms with E-state index in [9.17, 15) is 8.42 Å². The van der Waals surface area contributed by atoms with Crippen LogP contribution < -0.4 is 10.5 Å². The van der Waals surface area contributed by atoms with Crippen molar-refractivity contribution in [3.63, 3.8) is 0 Å². The van der Waals surface area contributed by atoms with Gasteiger partial charge in [-0.1, -0.05) is 55.8 Å². The predicted molar refractivity (Wildman–Crippen MR) is 144 cm³/mol. The maximum atomic E-state index is 12.2. The van der Waals surface area contributed by atoms with Crippen molar-refractivity contribution in [3.8, 4) is 16.9 Å². The van der Waals surface area contributed by atoms with Gasteiger partial charge < -0.3 is 10.5 Å². The fraction of sp³-hybridized carbons (Fsp3) is 0.346. The Kier molecular flexibility index (Phi) is 11.0. The number of nitrogens with two attached hydrogens (primary N) is 1. The fourth-order valence-corrected chi connectivity index (χ4v) is 4.71. The summed E-state index contributed by atoms with van der Waals surface area (Å²) in [6, 6.07) is 15.1. The van der Waals surface area contributed by atoms with E-state index in [-0.39, 0.29) is 36.3 Å². The van der Waals surface area contributed by atoms with E-state index >= 15 is 0 Å². The summed E-state index contributed by atoms with van der Waals surface area (Å²) in [6.45, 7) is 8.93. The van der Waals surface area contributed by atoms with Crippen molar-refractivity contribution in [2.24, 2.45) is 11.7 Å². The lowest BCUT2D eigenvalue weighted by molar-refractivity contribution is 0.297. The Morgan fingerprint density at radius 3 is 2.15 bits per heavy atom. The molecule has 1 heterocycles. The number of halogens is 2. The minimum atomic E-state index is -3.41. The number of aromatic nitrogens is 1. The van der Waals surface area contributed by atoms with Gasteiger partial charge in [0.05, 0.1) is 0 Å². The number of rotatable bonds is 8. The summed E-state index contributed by atoms with van der Waals surface area (Å²) in [6.07, 6.45) is 2.03. The summed E-state index contributed by atoms with van der Waals surface area (Å²) in [5.74, 6) is 0.784. The van der Waals surface area contributed by atoms with E-state index in [0.717, 1.165) is 40.1 Å². The van der Waals surface area contributed by atoms with Crippen molar-refractivity contribution in [2.75, 3.05) is 6.26 Å². The standard InChI is InChI=1S/C26H32N2O3S.2ClH/c1-17(2)14-23-21(15-27)26(20-12-10-18(3)11-13-20)22(19(4)28-23)16-31-24-8-6-7-9-25(24)32(5,29)30;;/h6-13,17H,14-16,27H2,1-5H3;2*1H. The molecule has 3 aromatic rings. The molecule has 0 aliphatic carbocycles. The van der Waals surface area contributed by atoms with Crippen molar-refractivity contribution in [3.05, 3.63) is 76.6 Å². The lowest BCUT2D eigenvalue weighted by atomic mass is 9.90. The van der Waals surface area contributed by atoms with Crippen molar-refractivity contribution >= 4 is 34.7 Å². The summed E-state index contributed by atoms with van der Waals surface area (Å²) < 4.78 is 30.5. The van der Waals surface area contributed by atoms with Gasteiger partial charge in [0.25, 0.3) is 0 Å². The van der Waals surface area contributed by atoms with Gasteiger partial charge in [0.15, 0.2) is 9.84 Å². The first kappa shape index (κ1) is 29.9. The second-order valence-electron chi connectivity index (χ2n) is 8.65. The molecule has 0 radical (unpaired) electrons. The number of aryl methyl sites for hydroxylation is 2. The highest BCUT2D eigenvalue weighted by Gasteiger charge is 2.21. The van der Waals surface area contributed by atoms with E-state index in [2.05, 4.69) is 45.0 Å². The van der Waals surface area contributed by atoms with Crippen LogP contribution in [0.3, 0.4) is 0 Å². The van der Waals surface area contributed by atoms with Crippen LogP contribution in [0.1, 0.15) is 41.9 Å². The number of hydrogen-bond acceptors (Lipinski definition) is 5. The molecule has 0 fully saturated rings. The molecule has 5 nitrogen and oxygen atoms in total. The molecular formula is C26H34Cl2N2O3S. The number of ether oxygens (including phenoxy) is 1. The highest BCUT2D eigenvalue weighted by Crippen LogP contribution is 2.34. The Labute approximate surface area is 215 Å². The van der Waals surface area contributed by atoms with E-state index in [1.165, 1.54) is 11.8 Å². The molecule has 2 aromatic carbocycles. The van der Waals surface area contributed by atoms with Gasteiger partial charge in [-0.2, -0.15) is 0 Å². The first-order chi connectivity index (χ1) is 15.1. The molecule has 0 unspecified atom stereocenters. The van der Waals surface area contributed by atoms with Gasteiger partial charge >= 0.3 is 0 Å². The van der Waals surface area contributed by atoms with Crippen molar-refractivity contribution in [1.82, 2.24) is 4.98 Å². The van der Waals surface area contributed by atoms with Crippen molar-refractivity contribution in [1.29, 1.82) is 0 Å². The molecule has 186 valence electrons. The largest absolute Gasteiger partial charge is 0.487 e. The summed E-state index contributed by atoms with van der Waals surface area (Å²) in [5, 5.41) is 0. The first-order valence-corrected chi connectivity index (χ1v) is 12.7. The third kappa shape index (κ3) is 6.95. The van der Waals surface area contributed by atoms with Crippen LogP contribution in [0.5, 0.6) is 5.75 Å². The Hall–Kier alpha value is -2.12. The Balaban J connectivity index is 0.00000289. The monoisotopic (exact) mass is 524 g/mol. The third-order valence-corrected chi connectivity index (χ3v) is 6.59. The van der Waals surface area contributed by atoms with Crippen LogP contribution in [-0.2, 0) is 29.4 Å². The SMILES string of the molecule is Cc1ccc(-c2c(COc3ccccc3S(C)(=O)=O)c(C)nc(CC(C)C)c2CN)cc1.Cl.Cl. The first-order valence-electron chi connectivity index (χ1n) is 10.8. The quantitative estimate of drug-likeness (QED) is 0.399. The zero-order valence-corrected chi connectivity index (χ0v) is 22.7. The van der Waals surface area contributed by atoms with Crippen LogP contribution in [0.2, 0.25) is 0 Å². The number of pyridine rings is 1. The van der Waals surface area contributed by atoms with Crippen LogP contribution in [-0.4, -0.2) is 19.7 Å². The number of sulfone groups is 1. The zero-order valence-electron chi connectivity index (χ0n) is 20.3. The maximum Gasteiger partial charge on any atom is 0.179 e. The van der Waals surface area contributed by atoms with E-state index in [1.807, 2.05) is 6.92 Å². The van der Waals surface area contributed by atoms with Gasteiger partial charge in [-0.25, -0.2) is 8.42 Å². The van der Waals surface area contributed by atoms with Gasteiger partial charge in [0, 0.05) is 29.8 Å². The molecule has 2 N–H and O–H groups in total. The van der Waals surface area contributed by atoms with Crippen LogP contribution in [0.15, 0.2) is 53.4 Å². The van der Waals surface area contributed by atoms with E-state index < -0.39 is 9.84 Å². The molecule has 0 bridgehead atoms. The Morgan fingerprint density at radius 1 is 0.971 bits per heavy atom. The van der Waals surface area contributed by atoms with E-state index in [4.69, 9.17) is 15.5 Å². The topological polar surface area (TPSA) is 82.3 Å². The molecule has 0 aliphatic heterocycles. The second-order valence-corrected chi connectivity index (χ2v) is 10.6. The molecule has 0 aliphatic rings. The summed E-state index contributed by atoms with van der Waals surface area (Å²) >= 11 is 0. The maximum absolute atomic E-state index is 12.2. The van der Waals surface area contributed by atoms with Gasteiger partial charge in [0.2, 0.25) is 0 Å². The van der Waals surface area contributed by atoms with Crippen LogP contribution in [0.25, 0.3) is 11.1 Å². The minimum absolute atomic E-state index is 0. The molecule has 0 spiro atoms. The molecule has 0 saturated carbocycles. The average Bonchev–Trinajstić information content (AvgIpc) is 2.72. The van der Waals surface area contributed by atoms with Crippen LogP contribution in [0, 0.1) is 19.8 Å². The van der Waals surface area contributed by atoms with Gasteiger partial charge in [-0.3, -0.25) is 4.98 Å². The smallest absolute Gasteiger partial charge is 0.179 e. The van der Waals surface area contributed by atoms with Gasteiger partial charge in [-0.05, 0) is 55.0 Å². The van der Waals surface area contributed by atoms with E-state index in [1.54, 1.807) is 24.3 Å². The predicted octanol–water partition coefficient (Wildman–Crippen LogP) is 5.85. The van der Waals surface area contributed by atoms with Crippen molar-refractivity contribution < 1.29 is 13.2 Å². The Morgan fingerprint density at radius 2 is 1.59 bits per heavy atom. The zero-order chi connectivity index (χ0) is 23.5. The molecule has 8 heteroatoms. The highest BCUT2D eigenvalue weighted by atomic mass is 35.5. The number of benzene rings is 2. The van der Waals surface area contributed by atoms with E-state index in [0.29, 0.717) is 18.2 Å². The lowest BCUT2D eigenvalue weighted by Gasteiger charge is -2.21. The molecule has 0 saturated heterocycles. The normalized spacial score (nSPS) is 11.0. The molecule has 0 atom stereocenters. The highest BCUT2D eigenvalue weighted by molar-refractivity contribution is 7.90. The average molecular weight is 526 g/mol. The Bertz CT molecular complexity index is 1210. The summed E-state index contributed by atoms with van der Waals surface area (Å²) in [4.78, 5) is 5.07. The molecule has 0 amide bonds. The fourth-order valence-electron chi connectivity index (χ4n) is 3.89. The van der Waals surface area contributed by atoms with Crippen molar-refractivity contribution in [2.45, 2.75) is 52.2 Å². The van der Waals surface area contributed by atoms with Gasteiger partial charge in [-0.15, -0.1) is 24.8 Å². The van der Waals surface area contributed by atoms with Gasteiger partial charge in [0.1, 0.15) is 17.3 Å². The van der Waals surface area contributed by atoms with Crippen LogP contribution in [0.4, 0.5) is 0 Å². The van der Waals surface area contributed by atoms with Crippen LogP contribution >= 0.6 is 24.8 Å². The third-order valence-electron chi connectivity index (χ3n) is 5.46. The number of nitrogens with zero attached hydrogens (tertiary/aromatic N) is 1. The molecular weight excluding hydrogens is 491 g/mol. The lowest BCUT2D eigenvalue weighted by Crippen LogP contribution is -2.14. The summed E-state index contributed by atoms with van der Waals surface area (Å²) in [7, 11) is -3.41. The number of hydrogen-bond donors (Lipinski definition) is 1. The summed E-state index contributed by atoms with van der Waals surface area (Å²) in [5.41, 5.74) is 13.3. The molecule has 1 aromatic heterocycles. The second kappa shape index (κ2) is 12.5.